The third-order valence-corrected chi connectivity index (χ3v) is 1.68. The maximum absolute atomic E-state index is 9.97. The van der Waals surface area contributed by atoms with Gasteiger partial charge in [-0.1, -0.05) is 19.9 Å². The first-order valence-corrected chi connectivity index (χ1v) is 4.33. The van der Waals surface area contributed by atoms with Gasteiger partial charge in [0, 0.05) is 7.11 Å². The maximum atomic E-state index is 9.97. The topological polar surface area (TPSA) is 26.3 Å². The van der Waals surface area contributed by atoms with E-state index < -0.39 is 0 Å². The minimum absolute atomic E-state index is 0.251. The van der Waals surface area contributed by atoms with Crippen molar-refractivity contribution in [3.63, 3.8) is 0 Å². The lowest BCUT2D eigenvalue weighted by Crippen LogP contribution is -2.12. The van der Waals surface area contributed by atoms with Crippen molar-refractivity contribution in [2.24, 2.45) is 5.92 Å². The molecule has 0 aliphatic heterocycles. The van der Waals surface area contributed by atoms with E-state index in [-0.39, 0.29) is 6.10 Å². The largest absolute Gasteiger partial charge is 0.381 e. The number of hydrogen-bond donors (Lipinski definition) is 0. The summed E-state index contributed by atoms with van der Waals surface area (Å²) in [6.45, 7) is 4.32. The van der Waals surface area contributed by atoms with Crippen molar-refractivity contribution >= 4 is 6.29 Å². The number of carbonyl (C=O) groups excluding carboxylic acids is 1. The lowest BCUT2D eigenvalue weighted by Gasteiger charge is -2.14. The second kappa shape index (κ2) is 7.04. The Balaban J connectivity index is 3.66. The van der Waals surface area contributed by atoms with E-state index >= 15 is 0 Å². The second-order valence-electron chi connectivity index (χ2n) is 3.29. The molecule has 0 aromatic heterocycles. The first-order chi connectivity index (χ1) is 5.70. The van der Waals surface area contributed by atoms with Crippen molar-refractivity contribution in [2.45, 2.75) is 32.8 Å². The van der Waals surface area contributed by atoms with E-state index in [1.54, 1.807) is 7.11 Å². The molecule has 0 saturated heterocycles. The standard InChI is InChI=1S/C10H18O2/c1-9(2)8-10(12-3)6-4-5-7-11/h4-5,7,9-10H,6,8H2,1-3H3. The van der Waals surface area contributed by atoms with Crippen LogP contribution in [0.5, 0.6) is 0 Å². The highest BCUT2D eigenvalue weighted by atomic mass is 16.5. The van der Waals surface area contributed by atoms with E-state index in [2.05, 4.69) is 13.8 Å². The van der Waals surface area contributed by atoms with Crippen LogP contribution >= 0.6 is 0 Å². The van der Waals surface area contributed by atoms with Gasteiger partial charge in [0.2, 0.25) is 0 Å². The van der Waals surface area contributed by atoms with Gasteiger partial charge in [-0.05, 0) is 24.8 Å². The molecule has 0 aromatic carbocycles. The Morgan fingerprint density at radius 2 is 2.08 bits per heavy atom. The molecule has 0 aliphatic rings. The molecule has 0 radical (unpaired) electrons. The molecule has 1 unspecified atom stereocenters. The highest BCUT2D eigenvalue weighted by molar-refractivity contribution is 5.64. The molecule has 0 aromatic rings. The summed E-state index contributed by atoms with van der Waals surface area (Å²) in [5.74, 6) is 0.639. The first-order valence-electron chi connectivity index (χ1n) is 4.33. The number of aldehydes is 1. The van der Waals surface area contributed by atoms with Crippen molar-refractivity contribution in [3.8, 4) is 0 Å². The third kappa shape index (κ3) is 6.10. The Hall–Kier alpha value is -0.630. The van der Waals surface area contributed by atoms with Gasteiger partial charge in [-0.25, -0.2) is 0 Å². The average Bonchev–Trinajstić information content (AvgIpc) is 2.02. The minimum Gasteiger partial charge on any atom is -0.381 e. The Morgan fingerprint density at radius 3 is 2.50 bits per heavy atom. The van der Waals surface area contributed by atoms with Crippen LogP contribution < -0.4 is 0 Å². The molecule has 12 heavy (non-hydrogen) atoms. The van der Waals surface area contributed by atoms with Crippen molar-refractivity contribution in [1.82, 2.24) is 0 Å². The number of hydrogen-bond acceptors (Lipinski definition) is 2. The van der Waals surface area contributed by atoms with E-state index in [4.69, 9.17) is 4.74 Å². The van der Waals surface area contributed by atoms with Crippen LogP contribution in [0.4, 0.5) is 0 Å². The minimum atomic E-state index is 0.251. The summed E-state index contributed by atoms with van der Waals surface area (Å²) in [4.78, 5) is 9.97. The van der Waals surface area contributed by atoms with Gasteiger partial charge in [-0.2, -0.15) is 0 Å². The molecule has 0 aliphatic carbocycles. The number of methoxy groups -OCH3 is 1. The summed E-state index contributed by atoms with van der Waals surface area (Å²) in [6, 6.07) is 0. The van der Waals surface area contributed by atoms with Crippen LogP contribution in [0.2, 0.25) is 0 Å². The Bertz CT molecular complexity index is 139. The highest BCUT2D eigenvalue weighted by Gasteiger charge is 2.06. The fourth-order valence-corrected chi connectivity index (χ4v) is 1.10. The van der Waals surface area contributed by atoms with Crippen LogP contribution in [0.25, 0.3) is 0 Å². The van der Waals surface area contributed by atoms with E-state index in [0.717, 1.165) is 19.1 Å². The molecule has 0 N–H and O–H groups in total. The molecule has 0 spiro atoms. The molecule has 0 saturated carbocycles. The van der Waals surface area contributed by atoms with Crippen molar-refractivity contribution in [1.29, 1.82) is 0 Å². The number of rotatable bonds is 6. The van der Waals surface area contributed by atoms with Crippen LogP contribution in [-0.2, 0) is 9.53 Å². The molecular formula is C10H18O2. The molecule has 2 nitrogen and oxygen atoms in total. The summed E-state index contributed by atoms with van der Waals surface area (Å²) in [5, 5.41) is 0. The second-order valence-corrected chi connectivity index (χ2v) is 3.29. The lowest BCUT2D eigenvalue weighted by molar-refractivity contribution is -0.104. The van der Waals surface area contributed by atoms with Crippen LogP contribution in [0.15, 0.2) is 12.2 Å². The molecule has 0 fully saturated rings. The Labute approximate surface area is 74.6 Å². The number of carbonyl (C=O) groups is 1. The summed E-state index contributed by atoms with van der Waals surface area (Å²) >= 11 is 0. The van der Waals surface area contributed by atoms with Crippen molar-refractivity contribution in [3.05, 3.63) is 12.2 Å². The quantitative estimate of drug-likeness (QED) is 0.451. The smallest absolute Gasteiger partial charge is 0.142 e. The Morgan fingerprint density at radius 1 is 1.42 bits per heavy atom. The first kappa shape index (κ1) is 11.4. The highest BCUT2D eigenvalue weighted by Crippen LogP contribution is 2.10. The maximum Gasteiger partial charge on any atom is 0.142 e. The molecule has 2 heteroatoms. The molecule has 0 heterocycles. The monoisotopic (exact) mass is 170 g/mol. The summed E-state index contributed by atoms with van der Waals surface area (Å²) in [7, 11) is 1.71. The fraction of sp³-hybridized carbons (Fsp3) is 0.700. The van der Waals surface area contributed by atoms with E-state index in [0.29, 0.717) is 5.92 Å². The normalized spacial score (nSPS) is 14.0. The van der Waals surface area contributed by atoms with E-state index in [1.807, 2.05) is 6.08 Å². The molecule has 70 valence electrons. The zero-order chi connectivity index (χ0) is 9.40. The SMILES string of the molecule is COC(CC=CC=O)CC(C)C. The Kier molecular flexibility index (Phi) is 6.67. The summed E-state index contributed by atoms with van der Waals surface area (Å²) < 4.78 is 5.24. The van der Waals surface area contributed by atoms with Gasteiger partial charge >= 0.3 is 0 Å². The van der Waals surface area contributed by atoms with Gasteiger partial charge in [-0.3, -0.25) is 4.79 Å². The lowest BCUT2D eigenvalue weighted by atomic mass is 10.0. The molecule has 1 atom stereocenters. The van der Waals surface area contributed by atoms with Crippen molar-refractivity contribution < 1.29 is 9.53 Å². The van der Waals surface area contributed by atoms with Crippen LogP contribution in [0.1, 0.15) is 26.7 Å². The fourth-order valence-electron chi connectivity index (χ4n) is 1.10. The summed E-state index contributed by atoms with van der Waals surface area (Å²) in [5.41, 5.74) is 0. The molecule has 0 rings (SSSR count). The van der Waals surface area contributed by atoms with Gasteiger partial charge in [0.15, 0.2) is 0 Å². The van der Waals surface area contributed by atoms with Gasteiger partial charge < -0.3 is 4.74 Å². The zero-order valence-corrected chi connectivity index (χ0v) is 8.12. The molecule has 0 bridgehead atoms. The predicted molar refractivity (Wildman–Crippen MR) is 50.1 cm³/mol. The predicted octanol–water partition coefficient (Wildman–Crippen LogP) is 2.19. The van der Waals surface area contributed by atoms with Gasteiger partial charge in [-0.15, -0.1) is 0 Å². The molecular weight excluding hydrogens is 152 g/mol. The average molecular weight is 170 g/mol. The van der Waals surface area contributed by atoms with E-state index in [9.17, 15) is 4.79 Å². The van der Waals surface area contributed by atoms with Gasteiger partial charge in [0.1, 0.15) is 6.29 Å². The number of allylic oxidation sites excluding steroid dienone is 1. The van der Waals surface area contributed by atoms with Gasteiger partial charge in [0.05, 0.1) is 6.10 Å². The van der Waals surface area contributed by atoms with E-state index in [1.165, 1.54) is 6.08 Å². The molecule has 0 amide bonds. The number of ether oxygens (including phenoxy) is 1. The van der Waals surface area contributed by atoms with Crippen molar-refractivity contribution in [2.75, 3.05) is 7.11 Å². The summed E-state index contributed by atoms with van der Waals surface area (Å²) in [6.07, 6.45) is 6.28. The third-order valence-electron chi connectivity index (χ3n) is 1.68. The zero-order valence-electron chi connectivity index (χ0n) is 8.12. The van der Waals surface area contributed by atoms with Crippen LogP contribution in [0, 0.1) is 5.92 Å². The van der Waals surface area contributed by atoms with Gasteiger partial charge in [0.25, 0.3) is 0 Å². The van der Waals surface area contributed by atoms with Crippen LogP contribution in [0.3, 0.4) is 0 Å². The van der Waals surface area contributed by atoms with Crippen LogP contribution in [-0.4, -0.2) is 19.5 Å².